The second-order valence-corrected chi connectivity index (χ2v) is 7.62. The normalized spacial score (nSPS) is 19.7. The van der Waals surface area contributed by atoms with Gasteiger partial charge in [0.25, 0.3) is 5.89 Å². The van der Waals surface area contributed by atoms with Crippen LogP contribution in [0.2, 0.25) is 0 Å². The van der Waals surface area contributed by atoms with E-state index in [4.69, 9.17) is 4.52 Å². The van der Waals surface area contributed by atoms with E-state index in [2.05, 4.69) is 14.9 Å². The van der Waals surface area contributed by atoms with Crippen molar-refractivity contribution in [2.24, 2.45) is 5.92 Å². The van der Waals surface area contributed by atoms with Crippen molar-refractivity contribution < 1.29 is 27.9 Å². The number of rotatable bonds is 6. The number of nitrogens with zero attached hydrogens (tertiary/aromatic N) is 3. The first-order chi connectivity index (χ1) is 15.0. The lowest BCUT2D eigenvalue weighted by Gasteiger charge is -2.24. The number of ether oxygens (including phenoxy) is 1. The van der Waals surface area contributed by atoms with Gasteiger partial charge < -0.3 is 19.3 Å². The molecule has 7 nitrogen and oxygen atoms in total. The zero-order valence-corrected chi connectivity index (χ0v) is 16.4. The van der Waals surface area contributed by atoms with Crippen LogP contribution in [0.4, 0.5) is 8.78 Å². The molecule has 1 fully saturated rings. The Bertz CT molecular complexity index is 1120. The Hall–Kier alpha value is -3.33. The highest BCUT2D eigenvalue weighted by atomic mass is 19.3. The van der Waals surface area contributed by atoms with Crippen molar-refractivity contribution in [3.8, 4) is 28.6 Å². The third-order valence-corrected chi connectivity index (χ3v) is 5.87. The Morgan fingerprint density at radius 3 is 2.74 bits per heavy atom. The summed E-state index contributed by atoms with van der Waals surface area (Å²) >= 11 is 0. The van der Waals surface area contributed by atoms with Gasteiger partial charge >= 0.3 is 6.61 Å². The van der Waals surface area contributed by atoms with Crippen molar-refractivity contribution in [3.05, 3.63) is 53.6 Å². The molecule has 31 heavy (non-hydrogen) atoms. The van der Waals surface area contributed by atoms with Crippen LogP contribution in [-0.2, 0) is 11.2 Å². The quantitative estimate of drug-likeness (QED) is 0.648. The van der Waals surface area contributed by atoms with Crippen molar-refractivity contribution in [1.29, 1.82) is 0 Å². The molecular formula is C22H19F2N3O4. The van der Waals surface area contributed by atoms with Gasteiger partial charge in [-0.1, -0.05) is 23.4 Å². The zero-order valence-electron chi connectivity index (χ0n) is 16.4. The van der Waals surface area contributed by atoms with Crippen LogP contribution in [0.5, 0.6) is 5.75 Å². The third kappa shape index (κ3) is 3.44. The average Bonchev–Trinajstić information content (AvgIpc) is 3.43. The highest BCUT2D eigenvalue weighted by Gasteiger charge is 2.46. The minimum Gasteiger partial charge on any atom is -0.435 e. The lowest BCUT2D eigenvalue weighted by Crippen LogP contribution is -2.30. The SMILES string of the molecule is O=C1CC2Cc3c(-c4noc(-c5ccc(OC(F)F)cc5)n4)cccc3C2N1CCO. The molecule has 1 aliphatic heterocycles. The molecule has 5 rings (SSSR count). The molecule has 0 saturated carbocycles. The van der Waals surface area contributed by atoms with E-state index in [1.165, 1.54) is 12.1 Å². The van der Waals surface area contributed by atoms with E-state index in [-0.39, 0.29) is 36.1 Å². The van der Waals surface area contributed by atoms with Crippen LogP contribution in [0.3, 0.4) is 0 Å². The van der Waals surface area contributed by atoms with Crippen LogP contribution in [0.15, 0.2) is 47.0 Å². The number of amides is 1. The van der Waals surface area contributed by atoms with Crippen LogP contribution < -0.4 is 4.74 Å². The predicted molar refractivity (Wildman–Crippen MR) is 105 cm³/mol. The summed E-state index contributed by atoms with van der Waals surface area (Å²) in [6.07, 6.45) is 1.19. The Labute approximate surface area is 176 Å². The molecule has 1 N–H and O–H groups in total. The maximum atomic E-state index is 12.3. The van der Waals surface area contributed by atoms with Gasteiger partial charge in [0, 0.05) is 24.1 Å². The number of benzene rings is 2. The molecule has 1 aromatic heterocycles. The minimum atomic E-state index is -2.89. The van der Waals surface area contributed by atoms with Gasteiger partial charge in [0.15, 0.2) is 0 Å². The van der Waals surface area contributed by atoms with Gasteiger partial charge in [0.05, 0.1) is 12.6 Å². The summed E-state index contributed by atoms with van der Waals surface area (Å²) in [5.41, 5.74) is 3.57. The Morgan fingerprint density at radius 2 is 2.00 bits per heavy atom. The lowest BCUT2D eigenvalue weighted by atomic mass is 10.0. The summed E-state index contributed by atoms with van der Waals surface area (Å²) < 4.78 is 34.4. The van der Waals surface area contributed by atoms with E-state index in [1.807, 2.05) is 18.2 Å². The number of halogens is 2. The van der Waals surface area contributed by atoms with Gasteiger partial charge in [0.1, 0.15) is 5.75 Å². The first-order valence-electron chi connectivity index (χ1n) is 9.96. The number of carbonyl (C=O) groups is 1. The maximum absolute atomic E-state index is 12.3. The molecule has 2 aromatic carbocycles. The first-order valence-corrected chi connectivity index (χ1v) is 9.96. The number of aliphatic hydroxyl groups excluding tert-OH is 1. The van der Waals surface area contributed by atoms with Crippen molar-refractivity contribution in [2.75, 3.05) is 13.2 Å². The molecule has 1 saturated heterocycles. The van der Waals surface area contributed by atoms with E-state index in [0.29, 0.717) is 24.4 Å². The number of likely N-dealkylation sites (tertiary alicyclic amines) is 1. The number of hydrogen-bond donors (Lipinski definition) is 1. The summed E-state index contributed by atoms with van der Waals surface area (Å²) in [5, 5.41) is 13.5. The van der Waals surface area contributed by atoms with Crippen LogP contribution in [-0.4, -0.2) is 45.8 Å². The predicted octanol–water partition coefficient (Wildman–Crippen LogP) is 3.44. The number of alkyl halides is 2. The molecule has 2 heterocycles. The minimum absolute atomic E-state index is 0.0386. The van der Waals surface area contributed by atoms with Crippen LogP contribution in [0, 0.1) is 5.92 Å². The standard InChI is InChI=1S/C22H19F2N3O4/c23-22(24)30-14-6-4-12(5-7-14)21-25-20(26-31-21)16-3-1-2-15-17(16)10-13-11-18(29)27(8-9-28)19(13)15/h1-7,13,19,22,28H,8-11H2. The van der Waals surface area contributed by atoms with Crippen LogP contribution in [0.1, 0.15) is 23.6 Å². The van der Waals surface area contributed by atoms with E-state index in [9.17, 15) is 18.7 Å². The lowest BCUT2D eigenvalue weighted by molar-refractivity contribution is -0.129. The highest BCUT2D eigenvalue weighted by Crippen LogP contribution is 2.49. The monoisotopic (exact) mass is 427 g/mol. The molecule has 0 radical (unpaired) electrons. The van der Waals surface area contributed by atoms with Crippen LogP contribution >= 0.6 is 0 Å². The Morgan fingerprint density at radius 1 is 1.19 bits per heavy atom. The third-order valence-electron chi connectivity index (χ3n) is 5.87. The van der Waals surface area contributed by atoms with Gasteiger partial charge in [-0.2, -0.15) is 13.8 Å². The highest BCUT2D eigenvalue weighted by molar-refractivity contribution is 5.81. The summed E-state index contributed by atoms with van der Waals surface area (Å²) in [4.78, 5) is 18.6. The number of hydrogen-bond acceptors (Lipinski definition) is 6. The molecule has 0 bridgehead atoms. The van der Waals surface area contributed by atoms with Crippen molar-refractivity contribution >= 4 is 5.91 Å². The van der Waals surface area contributed by atoms with Crippen molar-refractivity contribution in [1.82, 2.24) is 15.0 Å². The first kappa shape index (κ1) is 19.6. The summed E-state index contributed by atoms with van der Waals surface area (Å²) in [6.45, 7) is -2.63. The maximum Gasteiger partial charge on any atom is 0.387 e. The van der Waals surface area contributed by atoms with E-state index >= 15 is 0 Å². The van der Waals surface area contributed by atoms with E-state index in [1.54, 1.807) is 17.0 Å². The summed E-state index contributed by atoms with van der Waals surface area (Å²) in [7, 11) is 0. The topological polar surface area (TPSA) is 88.7 Å². The largest absolute Gasteiger partial charge is 0.435 e. The molecular weight excluding hydrogens is 408 g/mol. The number of carbonyl (C=O) groups excluding carboxylic acids is 1. The second-order valence-electron chi connectivity index (χ2n) is 7.62. The molecule has 1 aliphatic carbocycles. The molecule has 1 amide bonds. The number of β-amino-alcohol motifs (C(OH)–C–C–N with tert-alkyl or cyclic N) is 1. The molecule has 0 spiro atoms. The van der Waals surface area contributed by atoms with Crippen molar-refractivity contribution in [2.45, 2.75) is 25.5 Å². The van der Waals surface area contributed by atoms with Gasteiger partial charge in [-0.3, -0.25) is 4.79 Å². The molecule has 9 heteroatoms. The summed E-state index contributed by atoms with van der Waals surface area (Å²) in [5.74, 6) is 0.990. The smallest absolute Gasteiger partial charge is 0.387 e. The Balaban J connectivity index is 1.44. The van der Waals surface area contributed by atoms with Gasteiger partial charge in [0.2, 0.25) is 11.7 Å². The molecule has 160 valence electrons. The number of fused-ring (bicyclic) bond motifs is 3. The van der Waals surface area contributed by atoms with Gasteiger partial charge in [-0.25, -0.2) is 0 Å². The Kier molecular flexibility index (Phi) is 4.90. The fourth-order valence-electron chi connectivity index (χ4n) is 4.65. The van der Waals surface area contributed by atoms with E-state index in [0.717, 1.165) is 23.1 Å². The average molecular weight is 427 g/mol. The molecule has 2 unspecified atom stereocenters. The van der Waals surface area contributed by atoms with E-state index < -0.39 is 6.61 Å². The zero-order chi connectivity index (χ0) is 21.5. The number of aromatic nitrogens is 2. The second kappa shape index (κ2) is 7.73. The molecule has 2 atom stereocenters. The summed E-state index contributed by atoms with van der Waals surface area (Å²) in [6, 6.07) is 11.8. The number of aliphatic hydroxyl groups is 1. The molecule has 3 aromatic rings. The van der Waals surface area contributed by atoms with Crippen molar-refractivity contribution in [3.63, 3.8) is 0 Å². The molecule has 2 aliphatic rings. The fraction of sp³-hybridized carbons (Fsp3) is 0.318. The van der Waals surface area contributed by atoms with Gasteiger partial charge in [-0.15, -0.1) is 0 Å². The van der Waals surface area contributed by atoms with Gasteiger partial charge in [-0.05, 0) is 47.7 Å². The van der Waals surface area contributed by atoms with Crippen LogP contribution in [0.25, 0.3) is 22.8 Å². The fourth-order valence-corrected chi connectivity index (χ4v) is 4.65.